The van der Waals surface area contributed by atoms with E-state index in [1.165, 1.54) is 24.4 Å². The summed E-state index contributed by atoms with van der Waals surface area (Å²) in [5.41, 5.74) is 5.21. The van der Waals surface area contributed by atoms with E-state index in [1.54, 1.807) is 16.7 Å². The van der Waals surface area contributed by atoms with Crippen LogP contribution in [-0.4, -0.2) is 22.6 Å². The molecule has 0 bridgehead atoms. The van der Waals surface area contributed by atoms with Crippen molar-refractivity contribution in [3.63, 3.8) is 0 Å². The Balaban J connectivity index is 1.74. The van der Waals surface area contributed by atoms with Gasteiger partial charge in [-0.2, -0.15) is 0 Å². The van der Waals surface area contributed by atoms with Crippen molar-refractivity contribution in [2.45, 2.75) is 24.8 Å². The highest BCUT2D eigenvalue weighted by molar-refractivity contribution is 7.98. The van der Waals surface area contributed by atoms with E-state index in [0.717, 1.165) is 16.8 Å². The molecular formula is C25H22N2O3S. The smallest absolute Gasteiger partial charge is 0.337 e. The van der Waals surface area contributed by atoms with E-state index in [1.807, 2.05) is 68.4 Å². The number of methoxy groups -OCH3 is 1. The zero-order valence-electron chi connectivity index (χ0n) is 17.6. The Morgan fingerprint density at radius 2 is 1.74 bits per heavy atom. The van der Waals surface area contributed by atoms with Gasteiger partial charge in [-0.15, -0.1) is 0 Å². The van der Waals surface area contributed by atoms with Crippen LogP contribution in [0.2, 0.25) is 0 Å². The van der Waals surface area contributed by atoms with Crippen LogP contribution in [0, 0.1) is 13.8 Å². The largest absolute Gasteiger partial charge is 0.465 e. The summed E-state index contributed by atoms with van der Waals surface area (Å²) >= 11 is 1.49. The number of esters is 1. The lowest BCUT2D eigenvalue weighted by molar-refractivity contribution is 0.0600. The topological polar surface area (TPSA) is 61.2 Å². The normalized spacial score (nSPS) is 10.9. The van der Waals surface area contributed by atoms with Crippen molar-refractivity contribution in [1.29, 1.82) is 0 Å². The van der Waals surface area contributed by atoms with E-state index >= 15 is 0 Å². The Labute approximate surface area is 184 Å². The second kappa shape index (κ2) is 8.78. The molecule has 3 aromatic carbocycles. The maximum atomic E-state index is 13.4. The Bertz CT molecular complexity index is 1330. The third kappa shape index (κ3) is 4.25. The molecule has 1 aromatic heterocycles. The lowest BCUT2D eigenvalue weighted by atomic mass is 10.1. The van der Waals surface area contributed by atoms with Crippen molar-refractivity contribution >= 4 is 28.6 Å². The molecular weight excluding hydrogens is 408 g/mol. The maximum absolute atomic E-state index is 13.4. The molecule has 0 spiro atoms. The molecule has 0 aliphatic rings. The van der Waals surface area contributed by atoms with Crippen LogP contribution < -0.4 is 5.56 Å². The van der Waals surface area contributed by atoms with Gasteiger partial charge in [-0.05, 0) is 66.9 Å². The molecule has 31 heavy (non-hydrogen) atoms. The third-order valence-corrected chi connectivity index (χ3v) is 6.25. The van der Waals surface area contributed by atoms with E-state index in [0.29, 0.717) is 27.4 Å². The minimum atomic E-state index is -0.362. The van der Waals surface area contributed by atoms with E-state index in [2.05, 4.69) is 0 Å². The van der Waals surface area contributed by atoms with Crippen molar-refractivity contribution in [3.8, 4) is 5.69 Å². The minimum Gasteiger partial charge on any atom is -0.465 e. The predicted molar refractivity (Wildman–Crippen MR) is 124 cm³/mol. The zero-order valence-corrected chi connectivity index (χ0v) is 18.4. The Morgan fingerprint density at radius 3 is 2.45 bits per heavy atom. The first-order chi connectivity index (χ1) is 15.0. The van der Waals surface area contributed by atoms with E-state index in [4.69, 9.17) is 9.72 Å². The lowest BCUT2D eigenvalue weighted by Crippen LogP contribution is -2.22. The van der Waals surface area contributed by atoms with Crippen molar-refractivity contribution in [3.05, 3.63) is 99.3 Å². The number of carbonyl (C=O) groups excluding carboxylic acids is 1. The van der Waals surface area contributed by atoms with Crippen molar-refractivity contribution in [2.75, 3.05) is 7.11 Å². The number of aromatic nitrogens is 2. The number of hydrogen-bond donors (Lipinski definition) is 0. The molecule has 6 heteroatoms. The molecule has 5 nitrogen and oxygen atoms in total. The molecule has 0 saturated carbocycles. The molecule has 1 heterocycles. The molecule has 0 amide bonds. The highest BCUT2D eigenvalue weighted by Gasteiger charge is 2.14. The van der Waals surface area contributed by atoms with E-state index in [9.17, 15) is 9.59 Å². The average molecular weight is 431 g/mol. The van der Waals surface area contributed by atoms with E-state index in [-0.39, 0.29) is 11.5 Å². The number of carbonyl (C=O) groups is 1. The number of ether oxygens (including phenoxy) is 1. The van der Waals surface area contributed by atoms with Crippen LogP contribution in [0.5, 0.6) is 0 Å². The fourth-order valence-corrected chi connectivity index (χ4v) is 4.27. The summed E-state index contributed by atoms with van der Waals surface area (Å²) in [6, 6.07) is 20.7. The maximum Gasteiger partial charge on any atom is 0.337 e. The van der Waals surface area contributed by atoms with Crippen LogP contribution in [0.4, 0.5) is 0 Å². The predicted octanol–water partition coefficient (Wildman–Crippen LogP) is 5.08. The fourth-order valence-electron chi connectivity index (χ4n) is 3.30. The molecule has 0 fully saturated rings. The molecule has 4 rings (SSSR count). The summed E-state index contributed by atoms with van der Waals surface area (Å²) in [4.78, 5) is 29.8. The third-order valence-electron chi connectivity index (χ3n) is 5.24. The van der Waals surface area contributed by atoms with Crippen molar-refractivity contribution in [1.82, 2.24) is 9.55 Å². The standard InChI is InChI=1S/C25H22N2O3S/c1-16-8-13-20(14-17(16)2)27-23(28)21-6-4-5-7-22(21)26-25(27)31-15-18-9-11-19(12-10-18)24(29)30-3/h4-14H,15H2,1-3H3. The molecule has 0 atom stereocenters. The van der Waals surface area contributed by atoms with Gasteiger partial charge in [0.15, 0.2) is 5.16 Å². The Kier molecular flexibility index (Phi) is 5.91. The van der Waals surface area contributed by atoms with Gasteiger partial charge in [0.25, 0.3) is 5.56 Å². The zero-order chi connectivity index (χ0) is 22.0. The number of thioether (sulfide) groups is 1. The van der Waals surface area contributed by atoms with Gasteiger partial charge in [-0.25, -0.2) is 9.78 Å². The van der Waals surface area contributed by atoms with Gasteiger partial charge in [-0.1, -0.05) is 42.1 Å². The van der Waals surface area contributed by atoms with Crippen LogP contribution in [0.1, 0.15) is 27.0 Å². The minimum absolute atomic E-state index is 0.0857. The molecule has 0 aliphatic carbocycles. The van der Waals surface area contributed by atoms with Gasteiger partial charge in [0.2, 0.25) is 0 Å². The second-order valence-corrected chi connectivity index (χ2v) is 8.24. The average Bonchev–Trinajstić information content (AvgIpc) is 2.79. The number of para-hydroxylation sites is 1. The molecule has 156 valence electrons. The van der Waals surface area contributed by atoms with Gasteiger partial charge in [0.05, 0.1) is 29.3 Å². The van der Waals surface area contributed by atoms with Crippen LogP contribution in [-0.2, 0) is 10.5 Å². The number of aryl methyl sites for hydroxylation is 2. The summed E-state index contributed by atoms with van der Waals surface area (Å²) in [7, 11) is 1.36. The lowest BCUT2D eigenvalue weighted by Gasteiger charge is -2.14. The van der Waals surface area contributed by atoms with Gasteiger partial charge in [0, 0.05) is 5.75 Å². The summed E-state index contributed by atoms with van der Waals surface area (Å²) in [5.74, 6) is 0.246. The van der Waals surface area contributed by atoms with Gasteiger partial charge >= 0.3 is 5.97 Å². The SMILES string of the molecule is COC(=O)c1ccc(CSc2nc3ccccc3c(=O)n2-c2ccc(C)c(C)c2)cc1. The molecule has 4 aromatic rings. The first kappa shape index (κ1) is 20.9. The second-order valence-electron chi connectivity index (χ2n) is 7.30. The quantitative estimate of drug-likeness (QED) is 0.251. The molecule has 0 radical (unpaired) electrons. The first-order valence-corrected chi connectivity index (χ1v) is 10.9. The van der Waals surface area contributed by atoms with Gasteiger partial charge < -0.3 is 4.74 Å². The van der Waals surface area contributed by atoms with Crippen molar-refractivity contribution in [2.24, 2.45) is 0 Å². The Morgan fingerprint density at radius 1 is 1.00 bits per heavy atom. The first-order valence-electron chi connectivity index (χ1n) is 9.87. The van der Waals surface area contributed by atoms with Crippen LogP contribution in [0.3, 0.4) is 0 Å². The molecule has 0 N–H and O–H groups in total. The summed E-state index contributed by atoms with van der Waals surface area (Å²) < 4.78 is 6.43. The Hall–Kier alpha value is -3.38. The van der Waals surface area contributed by atoms with Gasteiger partial charge in [0.1, 0.15) is 0 Å². The van der Waals surface area contributed by atoms with Crippen LogP contribution >= 0.6 is 11.8 Å². The van der Waals surface area contributed by atoms with Crippen LogP contribution in [0.25, 0.3) is 16.6 Å². The van der Waals surface area contributed by atoms with E-state index < -0.39 is 0 Å². The number of hydrogen-bond acceptors (Lipinski definition) is 5. The molecule has 0 unspecified atom stereocenters. The molecule has 0 saturated heterocycles. The van der Waals surface area contributed by atoms with Crippen molar-refractivity contribution < 1.29 is 9.53 Å². The van der Waals surface area contributed by atoms with Crippen LogP contribution in [0.15, 0.2) is 76.7 Å². The highest BCUT2D eigenvalue weighted by Crippen LogP contribution is 2.25. The summed E-state index contributed by atoms with van der Waals surface area (Å²) in [5, 5.41) is 1.22. The molecule has 0 aliphatic heterocycles. The monoisotopic (exact) mass is 430 g/mol. The summed E-state index contributed by atoms with van der Waals surface area (Å²) in [6.07, 6.45) is 0. The number of fused-ring (bicyclic) bond motifs is 1. The fraction of sp³-hybridized carbons (Fsp3) is 0.160. The number of benzene rings is 3. The number of rotatable bonds is 5. The van der Waals surface area contributed by atoms with Gasteiger partial charge in [-0.3, -0.25) is 9.36 Å². The number of nitrogens with zero attached hydrogens (tertiary/aromatic N) is 2. The summed E-state index contributed by atoms with van der Waals surface area (Å²) in [6.45, 7) is 4.09. The highest BCUT2D eigenvalue weighted by atomic mass is 32.2.